The number of hydrogen-bond acceptors (Lipinski definition) is 3. The number of nitrogens with zero attached hydrogens (tertiary/aromatic N) is 3. The largest absolute Gasteiger partial charge is 0.325 e. The number of rotatable bonds is 0. The Hall–Kier alpha value is -2.64. The molecular formula is C15H8ClN3O. The SMILES string of the molecule is O=C(C#Cc1ccc(Cl)cc1)n1nnc2ccccc21. The zero-order valence-corrected chi connectivity index (χ0v) is 11.0. The van der Waals surface area contributed by atoms with Crippen molar-refractivity contribution in [2.75, 3.05) is 0 Å². The normalized spacial score (nSPS) is 10.1. The maximum Gasteiger partial charge on any atom is 0.325 e. The van der Waals surface area contributed by atoms with E-state index in [1.807, 2.05) is 12.1 Å². The summed E-state index contributed by atoms with van der Waals surface area (Å²) < 4.78 is 1.19. The summed E-state index contributed by atoms with van der Waals surface area (Å²) in [5, 5.41) is 8.36. The molecule has 0 saturated heterocycles. The van der Waals surface area contributed by atoms with Crippen LogP contribution in [0.25, 0.3) is 11.0 Å². The molecule has 0 N–H and O–H groups in total. The lowest BCUT2D eigenvalue weighted by Crippen LogP contribution is -2.09. The van der Waals surface area contributed by atoms with Crippen LogP contribution < -0.4 is 0 Å². The molecule has 0 unspecified atom stereocenters. The number of para-hydroxylation sites is 1. The number of carbonyl (C=O) groups is 1. The molecule has 0 fully saturated rings. The minimum Gasteiger partial charge on any atom is -0.257 e. The van der Waals surface area contributed by atoms with Crippen molar-refractivity contribution >= 4 is 28.5 Å². The van der Waals surface area contributed by atoms with Crippen molar-refractivity contribution in [1.29, 1.82) is 0 Å². The van der Waals surface area contributed by atoms with Crippen LogP contribution in [-0.4, -0.2) is 20.9 Å². The molecule has 0 bridgehead atoms. The summed E-state index contributed by atoms with van der Waals surface area (Å²) in [4.78, 5) is 12.0. The average molecular weight is 282 g/mol. The van der Waals surface area contributed by atoms with Gasteiger partial charge in [-0.05, 0) is 36.4 Å². The molecule has 3 rings (SSSR count). The second-order valence-electron chi connectivity index (χ2n) is 4.05. The van der Waals surface area contributed by atoms with E-state index in [9.17, 15) is 4.79 Å². The van der Waals surface area contributed by atoms with E-state index in [0.29, 0.717) is 21.6 Å². The minimum absolute atomic E-state index is 0.423. The molecule has 0 amide bonds. The van der Waals surface area contributed by atoms with E-state index in [1.165, 1.54) is 4.68 Å². The van der Waals surface area contributed by atoms with Gasteiger partial charge in [-0.15, -0.1) is 5.10 Å². The molecule has 3 aromatic rings. The van der Waals surface area contributed by atoms with Gasteiger partial charge in [-0.3, -0.25) is 4.79 Å². The lowest BCUT2D eigenvalue weighted by atomic mass is 10.2. The van der Waals surface area contributed by atoms with Crippen LogP contribution >= 0.6 is 11.6 Å². The Bertz CT molecular complexity index is 841. The van der Waals surface area contributed by atoms with E-state index in [-0.39, 0.29) is 0 Å². The number of benzene rings is 2. The molecule has 0 radical (unpaired) electrons. The molecular weight excluding hydrogens is 274 g/mol. The van der Waals surface area contributed by atoms with E-state index in [1.54, 1.807) is 36.4 Å². The van der Waals surface area contributed by atoms with Gasteiger partial charge in [0.1, 0.15) is 5.52 Å². The molecule has 0 aliphatic carbocycles. The number of hydrogen-bond donors (Lipinski definition) is 0. The van der Waals surface area contributed by atoms with Crippen molar-refractivity contribution in [2.24, 2.45) is 0 Å². The van der Waals surface area contributed by atoms with Crippen LogP contribution in [-0.2, 0) is 0 Å². The zero-order valence-electron chi connectivity index (χ0n) is 10.2. The molecule has 1 aromatic heterocycles. The van der Waals surface area contributed by atoms with Crippen LogP contribution in [0.1, 0.15) is 10.4 Å². The van der Waals surface area contributed by atoms with Crippen molar-refractivity contribution in [3.63, 3.8) is 0 Å². The molecule has 96 valence electrons. The molecule has 0 aliphatic rings. The maximum atomic E-state index is 12.0. The maximum absolute atomic E-state index is 12.0. The summed E-state index contributed by atoms with van der Waals surface area (Å²) in [7, 11) is 0. The topological polar surface area (TPSA) is 47.8 Å². The quantitative estimate of drug-likeness (QED) is 0.595. The molecule has 20 heavy (non-hydrogen) atoms. The Morgan fingerprint density at radius 1 is 1.10 bits per heavy atom. The summed E-state index contributed by atoms with van der Waals surface area (Å²) in [5.74, 6) is 4.90. The third kappa shape index (κ3) is 2.40. The number of carbonyl (C=O) groups excluding carboxylic acids is 1. The van der Waals surface area contributed by atoms with Crippen LogP contribution in [0.5, 0.6) is 0 Å². The van der Waals surface area contributed by atoms with Gasteiger partial charge in [0.05, 0.1) is 5.52 Å². The second-order valence-corrected chi connectivity index (χ2v) is 4.49. The second kappa shape index (κ2) is 5.16. The standard InChI is InChI=1S/C15H8ClN3O/c16-12-8-5-11(6-9-12)7-10-15(20)19-14-4-2-1-3-13(14)17-18-19/h1-6,8-9H. The van der Waals surface area contributed by atoms with Crippen molar-refractivity contribution in [1.82, 2.24) is 15.0 Å². The van der Waals surface area contributed by atoms with E-state index in [4.69, 9.17) is 11.6 Å². The fraction of sp³-hybridized carbons (Fsp3) is 0. The number of fused-ring (bicyclic) bond motifs is 1. The highest BCUT2D eigenvalue weighted by Crippen LogP contribution is 2.10. The first-order valence-electron chi connectivity index (χ1n) is 5.86. The average Bonchev–Trinajstić information content (AvgIpc) is 2.90. The third-order valence-corrected chi connectivity index (χ3v) is 2.95. The van der Waals surface area contributed by atoms with Crippen LogP contribution in [0, 0.1) is 11.8 Å². The first kappa shape index (κ1) is 12.4. The van der Waals surface area contributed by atoms with E-state index < -0.39 is 5.91 Å². The highest BCUT2D eigenvalue weighted by molar-refractivity contribution is 6.30. The summed E-state index contributed by atoms with van der Waals surface area (Å²) >= 11 is 5.78. The first-order valence-corrected chi connectivity index (χ1v) is 6.24. The van der Waals surface area contributed by atoms with E-state index in [2.05, 4.69) is 22.2 Å². The van der Waals surface area contributed by atoms with Gasteiger partial charge < -0.3 is 0 Å². The third-order valence-electron chi connectivity index (χ3n) is 2.70. The van der Waals surface area contributed by atoms with Crippen molar-refractivity contribution < 1.29 is 4.79 Å². The summed E-state index contributed by atoms with van der Waals surface area (Å²) in [6, 6.07) is 14.2. The van der Waals surface area contributed by atoms with Gasteiger partial charge in [0.25, 0.3) is 0 Å². The fourth-order valence-corrected chi connectivity index (χ4v) is 1.86. The molecule has 2 aromatic carbocycles. The number of halogens is 1. The van der Waals surface area contributed by atoms with Gasteiger partial charge in [0.15, 0.2) is 0 Å². The van der Waals surface area contributed by atoms with E-state index >= 15 is 0 Å². The van der Waals surface area contributed by atoms with Gasteiger partial charge in [0.2, 0.25) is 0 Å². The van der Waals surface area contributed by atoms with Crippen molar-refractivity contribution in [2.45, 2.75) is 0 Å². The fourth-order valence-electron chi connectivity index (χ4n) is 1.73. The van der Waals surface area contributed by atoms with Crippen LogP contribution in [0.15, 0.2) is 48.5 Å². The first-order chi connectivity index (χ1) is 9.74. The van der Waals surface area contributed by atoms with Gasteiger partial charge in [-0.25, -0.2) is 0 Å². The molecule has 0 saturated carbocycles. The highest BCUT2D eigenvalue weighted by Gasteiger charge is 2.08. The Labute approximate surface area is 120 Å². The molecule has 4 nitrogen and oxygen atoms in total. The molecule has 0 spiro atoms. The predicted molar refractivity (Wildman–Crippen MR) is 76.5 cm³/mol. The van der Waals surface area contributed by atoms with Gasteiger partial charge in [-0.2, -0.15) is 4.68 Å². The molecule has 0 aliphatic heterocycles. The number of aromatic nitrogens is 3. The van der Waals surface area contributed by atoms with Gasteiger partial charge in [-0.1, -0.05) is 34.9 Å². The predicted octanol–water partition coefficient (Wildman–Crippen LogP) is 2.78. The molecule has 1 heterocycles. The minimum atomic E-state index is -0.423. The Morgan fingerprint density at radius 3 is 2.65 bits per heavy atom. The Kier molecular flexibility index (Phi) is 3.20. The smallest absolute Gasteiger partial charge is 0.257 e. The highest BCUT2D eigenvalue weighted by atomic mass is 35.5. The lowest BCUT2D eigenvalue weighted by Gasteiger charge is -1.93. The Morgan fingerprint density at radius 2 is 1.85 bits per heavy atom. The summed E-state index contributed by atoms with van der Waals surface area (Å²) in [6.07, 6.45) is 0. The summed E-state index contributed by atoms with van der Waals surface area (Å²) in [6.45, 7) is 0. The molecule has 0 atom stereocenters. The Balaban J connectivity index is 1.92. The monoisotopic (exact) mass is 281 g/mol. The van der Waals surface area contributed by atoms with Gasteiger partial charge >= 0.3 is 5.91 Å². The molecule has 5 heteroatoms. The lowest BCUT2D eigenvalue weighted by molar-refractivity contribution is 0.0968. The zero-order chi connectivity index (χ0) is 13.9. The van der Waals surface area contributed by atoms with Crippen molar-refractivity contribution in [3.05, 3.63) is 59.1 Å². The van der Waals surface area contributed by atoms with Crippen LogP contribution in [0.2, 0.25) is 5.02 Å². The van der Waals surface area contributed by atoms with Crippen LogP contribution in [0.4, 0.5) is 0 Å². The van der Waals surface area contributed by atoms with Gasteiger partial charge in [0, 0.05) is 16.5 Å². The van der Waals surface area contributed by atoms with E-state index in [0.717, 1.165) is 0 Å². The summed E-state index contributed by atoms with van der Waals surface area (Å²) in [5.41, 5.74) is 2.02. The van der Waals surface area contributed by atoms with Crippen LogP contribution in [0.3, 0.4) is 0 Å². The van der Waals surface area contributed by atoms with Crippen molar-refractivity contribution in [3.8, 4) is 11.8 Å².